The Hall–Kier alpha value is -3.42. The Kier molecular flexibility index (Phi) is 5.07. The summed E-state index contributed by atoms with van der Waals surface area (Å²) in [6.07, 6.45) is 3.87. The van der Waals surface area contributed by atoms with Gasteiger partial charge in [-0.1, -0.05) is 78.9 Å². The second kappa shape index (κ2) is 7.93. The molecular weight excluding hydrogens is 509 g/mol. The molecule has 4 nitrogen and oxygen atoms in total. The zero-order chi connectivity index (χ0) is 22.3. The molecule has 154 valence electrons. The monoisotopic (exact) mass is 527 g/mol. The number of fused-ring (bicyclic) bond motifs is 3. The number of para-hydroxylation sites is 1. The van der Waals surface area contributed by atoms with Crippen LogP contribution in [0, 0.1) is 31.6 Å². The molecule has 0 N–H and O–H groups in total. The number of carbonyl (C=O) groups excluding carboxylic acids is 1. The molecule has 2 heterocycles. The Morgan fingerprint density at radius 3 is 2.28 bits per heavy atom. The Labute approximate surface area is 200 Å². The van der Waals surface area contributed by atoms with Gasteiger partial charge in [0, 0.05) is 20.7 Å². The van der Waals surface area contributed by atoms with E-state index in [0.717, 1.165) is 20.4 Å². The van der Waals surface area contributed by atoms with Crippen molar-refractivity contribution in [2.24, 2.45) is 5.41 Å². The highest BCUT2D eigenvalue weighted by Gasteiger charge is 2.63. The lowest BCUT2D eigenvalue weighted by Crippen LogP contribution is -2.44. The maximum absolute atomic E-state index is 14.0. The molecule has 0 spiro atoms. The van der Waals surface area contributed by atoms with Crippen LogP contribution in [0.15, 0.2) is 84.9 Å². The average molecular weight is 527 g/mol. The van der Waals surface area contributed by atoms with Crippen molar-refractivity contribution in [3.05, 3.63) is 105 Å². The fourth-order valence-electron chi connectivity index (χ4n) is 5.08. The van der Waals surface area contributed by atoms with Gasteiger partial charge in [0.25, 0.3) is 0 Å². The van der Waals surface area contributed by atoms with Gasteiger partial charge in [0.05, 0.1) is 18.2 Å². The van der Waals surface area contributed by atoms with Gasteiger partial charge in [0.15, 0.2) is 11.2 Å². The Morgan fingerprint density at radius 2 is 1.56 bits per heavy atom. The van der Waals surface area contributed by atoms with Gasteiger partial charge in [-0.25, -0.2) is 0 Å². The molecule has 0 radical (unpaired) electrons. The van der Waals surface area contributed by atoms with E-state index in [1.54, 1.807) is 12.1 Å². The predicted octanol–water partition coefficient (Wildman–Crippen LogP) is 5.58. The Bertz CT molecular complexity index is 1300. The molecule has 2 aliphatic heterocycles. The van der Waals surface area contributed by atoms with Crippen LogP contribution in [-0.2, 0) is 0 Å². The molecule has 0 aromatic heterocycles. The lowest BCUT2D eigenvalue weighted by Gasteiger charge is -2.35. The van der Waals surface area contributed by atoms with Crippen LogP contribution < -0.4 is 4.90 Å². The summed E-state index contributed by atoms with van der Waals surface area (Å²) in [6, 6.07) is 28.2. The van der Waals surface area contributed by atoms with Crippen molar-refractivity contribution in [3.63, 3.8) is 0 Å². The van der Waals surface area contributed by atoms with E-state index in [9.17, 15) is 15.3 Å². The predicted molar refractivity (Wildman–Crippen MR) is 132 cm³/mol. The Morgan fingerprint density at radius 1 is 0.906 bits per heavy atom. The SMILES string of the molecule is N#CC1(C#N)[C@H](c2ccccc2I)[C@H](C(=O)c2ccccc2)N2c3ccccc3C=C[C@@H]21. The number of Topliss-reactive ketones (excluding diaryl/α,β-unsaturated/α-hetero) is 1. The number of nitriles is 2. The number of hydrogen-bond acceptors (Lipinski definition) is 4. The zero-order valence-electron chi connectivity index (χ0n) is 17.0. The standard InChI is InChI=1S/C27H18IN3O/c28-21-12-6-5-11-20(21)24-25(26(32)19-9-2-1-3-10-19)31-22-13-7-4-8-18(22)14-15-23(31)27(24,16-29)17-30/h1-15,23-25H/t23-,24-,25-/m1/s1. The number of carbonyl (C=O) groups is 1. The molecule has 0 aliphatic carbocycles. The molecule has 0 bridgehead atoms. The molecule has 1 saturated heterocycles. The van der Waals surface area contributed by atoms with Gasteiger partial charge < -0.3 is 4.90 Å². The van der Waals surface area contributed by atoms with Crippen molar-refractivity contribution >= 4 is 40.1 Å². The average Bonchev–Trinajstić information content (AvgIpc) is 3.15. The van der Waals surface area contributed by atoms with E-state index in [1.807, 2.05) is 83.8 Å². The summed E-state index contributed by atoms with van der Waals surface area (Å²) in [4.78, 5) is 16.0. The molecule has 3 aromatic carbocycles. The number of nitrogens with zero attached hydrogens (tertiary/aromatic N) is 3. The van der Waals surface area contributed by atoms with Crippen LogP contribution >= 0.6 is 22.6 Å². The summed E-state index contributed by atoms with van der Waals surface area (Å²) in [6.45, 7) is 0. The summed E-state index contributed by atoms with van der Waals surface area (Å²) < 4.78 is 0.938. The third kappa shape index (κ3) is 2.89. The fraction of sp³-hybridized carbons (Fsp3) is 0.148. The molecule has 0 unspecified atom stereocenters. The minimum Gasteiger partial charge on any atom is -0.351 e. The van der Waals surface area contributed by atoms with E-state index >= 15 is 0 Å². The topological polar surface area (TPSA) is 67.9 Å². The van der Waals surface area contributed by atoms with Crippen LogP contribution in [0.5, 0.6) is 0 Å². The first-order valence-electron chi connectivity index (χ1n) is 10.3. The maximum Gasteiger partial charge on any atom is 0.185 e. The first-order chi connectivity index (χ1) is 15.6. The van der Waals surface area contributed by atoms with Crippen molar-refractivity contribution in [1.82, 2.24) is 0 Å². The molecule has 3 aromatic rings. The van der Waals surface area contributed by atoms with Gasteiger partial charge in [-0.05, 0) is 45.9 Å². The highest BCUT2D eigenvalue weighted by Crippen LogP contribution is 2.56. The smallest absolute Gasteiger partial charge is 0.185 e. The Balaban J connectivity index is 1.81. The van der Waals surface area contributed by atoms with Gasteiger partial charge in [-0.3, -0.25) is 4.79 Å². The van der Waals surface area contributed by atoms with Crippen molar-refractivity contribution in [2.45, 2.75) is 18.0 Å². The van der Waals surface area contributed by atoms with E-state index in [-0.39, 0.29) is 5.78 Å². The quantitative estimate of drug-likeness (QED) is 0.330. The van der Waals surface area contributed by atoms with E-state index in [2.05, 4.69) is 34.7 Å². The summed E-state index contributed by atoms with van der Waals surface area (Å²) in [5.41, 5.74) is 1.86. The molecule has 0 amide bonds. The summed E-state index contributed by atoms with van der Waals surface area (Å²) in [5, 5.41) is 20.9. The second-order valence-corrected chi connectivity index (χ2v) is 9.20. The fourth-order valence-corrected chi connectivity index (χ4v) is 5.80. The van der Waals surface area contributed by atoms with Gasteiger partial charge in [0.1, 0.15) is 6.04 Å². The highest BCUT2D eigenvalue weighted by atomic mass is 127. The maximum atomic E-state index is 14.0. The number of anilines is 1. The molecule has 0 saturated carbocycles. The molecule has 5 rings (SSSR count). The number of rotatable bonds is 3. The molecule has 2 aliphatic rings. The van der Waals surface area contributed by atoms with Crippen LogP contribution in [0.25, 0.3) is 6.08 Å². The lowest BCUT2D eigenvalue weighted by atomic mass is 9.69. The molecule has 5 heteroatoms. The van der Waals surface area contributed by atoms with Crippen molar-refractivity contribution in [2.75, 3.05) is 4.90 Å². The van der Waals surface area contributed by atoms with Gasteiger partial charge in [-0.2, -0.15) is 10.5 Å². The van der Waals surface area contributed by atoms with E-state index in [4.69, 9.17) is 0 Å². The zero-order valence-corrected chi connectivity index (χ0v) is 19.2. The minimum atomic E-state index is -1.42. The normalized spacial score (nSPS) is 22.3. The first kappa shape index (κ1) is 20.5. The van der Waals surface area contributed by atoms with E-state index < -0.39 is 23.4 Å². The van der Waals surface area contributed by atoms with Crippen LogP contribution in [0.1, 0.15) is 27.4 Å². The molecular formula is C27H18IN3O. The van der Waals surface area contributed by atoms with Crippen LogP contribution in [-0.4, -0.2) is 17.9 Å². The summed E-state index contributed by atoms with van der Waals surface area (Å²) in [7, 11) is 0. The highest BCUT2D eigenvalue weighted by molar-refractivity contribution is 14.1. The number of halogens is 1. The van der Waals surface area contributed by atoms with Gasteiger partial charge in [-0.15, -0.1) is 0 Å². The third-order valence-corrected chi connectivity index (χ3v) is 7.46. The summed E-state index contributed by atoms with van der Waals surface area (Å²) in [5.74, 6) is -0.697. The largest absolute Gasteiger partial charge is 0.351 e. The molecule has 32 heavy (non-hydrogen) atoms. The van der Waals surface area contributed by atoms with Gasteiger partial charge >= 0.3 is 0 Å². The van der Waals surface area contributed by atoms with E-state index in [0.29, 0.717) is 5.56 Å². The van der Waals surface area contributed by atoms with Gasteiger partial charge in [0.2, 0.25) is 0 Å². The van der Waals surface area contributed by atoms with Crippen molar-refractivity contribution in [3.8, 4) is 12.1 Å². The first-order valence-corrected chi connectivity index (χ1v) is 11.4. The van der Waals surface area contributed by atoms with E-state index in [1.165, 1.54) is 0 Å². The van der Waals surface area contributed by atoms with Crippen molar-refractivity contribution < 1.29 is 4.79 Å². The lowest BCUT2D eigenvalue weighted by molar-refractivity contribution is 0.0951. The molecule has 3 atom stereocenters. The van der Waals surface area contributed by atoms with Crippen LogP contribution in [0.2, 0.25) is 0 Å². The molecule has 1 fully saturated rings. The number of hydrogen-bond donors (Lipinski definition) is 0. The van der Waals surface area contributed by atoms with Crippen LogP contribution in [0.4, 0.5) is 5.69 Å². The number of ketones is 1. The van der Waals surface area contributed by atoms with Crippen LogP contribution in [0.3, 0.4) is 0 Å². The van der Waals surface area contributed by atoms with Crippen molar-refractivity contribution in [1.29, 1.82) is 10.5 Å². The third-order valence-electron chi connectivity index (χ3n) is 6.48. The number of benzene rings is 3. The minimum absolute atomic E-state index is 0.0854. The summed E-state index contributed by atoms with van der Waals surface area (Å²) >= 11 is 2.23. The second-order valence-electron chi connectivity index (χ2n) is 8.04.